The van der Waals surface area contributed by atoms with E-state index in [0.29, 0.717) is 33.9 Å². The van der Waals surface area contributed by atoms with Gasteiger partial charge < -0.3 is 20.1 Å². The third-order valence-electron chi connectivity index (χ3n) is 7.13. The van der Waals surface area contributed by atoms with Crippen LogP contribution in [0.4, 0.5) is 5.69 Å². The number of carbonyl (C=O) groups excluding carboxylic acids is 3. The first kappa shape index (κ1) is 31.2. The van der Waals surface area contributed by atoms with Gasteiger partial charge >= 0.3 is 0 Å². The molecule has 5 rings (SSSR count). The van der Waals surface area contributed by atoms with Gasteiger partial charge in [-0.2, -0.15) is 0 Å². The van der Waals surface area contributed by atoms with Crippen molar-refractivity contribution in [3.05, 3.63) is 161 Å². The maximum absolute atomic E-state index is 13.5. The Morgan fingerprint density at radius 3 is 1.93 bits per heavy atom. The zero-order chi connectivity index (χ0) is 32.3. The molecule has 0 bridgehead atoms. The summed E-state index contributed by atoms with van der Waals surface area (Å²) in [6.45, 7) is 0. The lowest BCUT2D eigenvalue weighted by Crippen LogP contribution is -2.30. The van der Waals surface area contributed by atoms with Gasteiger partial charge in [0.15, 0.2) is 17.3 Å². The second-order valence-corrected chi connectivity index (χ2v) is 10.2. The predicted molar refractivity (Wildman–Crippen MR) is 182 cm³/mol. The fraction of sp³-hybridized carbons (Fsp3) is 0.0513. The Morgan fingerprint density at radius 1 is 0.630 bits per heavy atom. The van der Waals surface area contributed by atoms with E-state index in [0.717, 1.165) is 16.7 Å². The van der Waals surface area contributed by atoms with Crippen molar-refractivity contribution in [1.82, 2.24) is 5.32 Å². The first-order valence-electron chi connectivity index (χ1n) is 14.5. The SMILES string of the molecule is COc1cccc(/C=C(\NC(=O)c2ccccc2)C(=O)Nc2ccc(C(=O)/C=C/c3ccc(-c4ccccc4)cc3)cc2)c1OC. The molecule has 228 valence electrons. The van der Waals surface area contributed by atoms with Gasteiger partial charge in [-0.05, 0) is 71.3 Å². The minimum absolute atomic E-state index is 0.0122. The molecule has 0 unspecified atom stereocenters. The largest absolute Gasteiger partial charge is 0.493 e. The van der Waals surface area contributed by atoms with Crippen molar-refractivity contribution in [3.63, 3.8) is 0 Å². The molecule has 0 saturated heterocycles. The molecule has 5 aromatic carbocycles. The van der Waals surface area contributed by atoms with E-state index in [2.05, 4.69) is 22.8 Å². The number of anilines is 1. The molecule has 0 aliphatic carbocycles. The number of para-hydroxylation sites is 1. The van der Waals surface area contributed by atoms with Gasteiger partial charge in [-0.25, -0.2) is 0 Å². The summed E-state index contributed by atoms with van der Waals surface area (Å²) in [7, 11) is 3.01. The van der Waals surface area contributed by atoms with E-state index in [1.807, 2.05) is 42.5 Å². The smallest absolute Gasteiger partial charge is 0.272 e. The number of methoxy groups -OCH3 is 2. The number of amides is 2. The lowest BCUT2D eigenvalue weighted by molar-refractivity contribution is -0.113. The van der Waals surface area contributed by atoms with E-state index in [1.165, 1.54) is 26.4 Å². The predicted octanol–water partition coefficient (Wildman–Crippen LogP) is 7.68. The van der Waals surface area contributed by atoms with Crippen LogP contribution in [0.25, 0.3) is 23.3 Å². The molecule has 0 atom stereocenters. The molecule has 5 aromatic rings. The van der Waals surface area contributed by atoms with Crippen LogP contribution in [-0.2, 0) is 4.79 Å². The maximum Gasteiger partial charge on any atom is 0.272 e. The van der Waals surface area contributed by atoms with Gasteiger partial charge in [-0.15, -0.1) is 0 Å². The molecule has 7 heteroatoms. The van der Waals surface area contributed by atoms with Crippen molar-refractivity contribution < 1.29 is 23.9 Å². The van der Waals surface area contributed by atoms with Crippen LogP contribution in [0.2, 0.25) is 0 Å². The first-order chi connectivity index (χ1) is 22.4. The average molecular weight is 609 g/mol. The van der Waals surface area contributed by atoms with Crippen molar-refractivity contribution in [2.24, 2.45) is 0 Å². The highest BCUT2D eigenvalue weighted by atomic mass is 16.5. The molecule has 2 N–H and O–H groups in total. The molecule has 0 fully saturated rings. The Kier molecular flexibility index (Phi) is 10.2. The molecule has 0 heterocycles. The summed E-state index contributed by atoms with van der Waals surface area (Å²) < 4.78 is 10.9. The maximum atomic E-state index is 13.5. The third kappa shape index (κ3) is 7.84. The number of allylic oxidation sites excluding steroid dienone is 1. The van der Waals surface area contributed by atoms with Gasteiger partial charge in [0.2, 0.25) is 0 Å². The van der Waals surface area contributed by atoms with E-state index < -0.39 is 11.8 Å². The summed E-state index contributed by atoms with van der Waals surface area (Å²) in [6.07, 6.45) is 4.81. The lowest BCUT2D eigenvalue weighted by atomic mass is 10.0. The molecular weight excluding hydrogens is 576 g/mol. The monoisotopic (exact) mass is 608 g/mol. The fourth-order valence-electron chi connectivity index (χ4n) is 4.73. The normalized spacial score (nSPS) is 11.1. The minimum atomic E-state index is -0.563. The molecule has 46 heavy (non-hydrogen) atoms. The van der Waals surface area contributed by atoms with Crippen molar-refractivity contribution in [3.8, 4) is 22.6 Å². The molecule has 0 aliphatic rings. The van der Waals surface area contributed by atoms with E-state index in [4.69, 9.17) is 9.47 Å². The van der Waals surface area contributed by atoms with Crippen molar-refractivity contribution in [2.75, 3.05) is 19.5 Å². The zero-order valence-corrected chi connectivity index (χ0v) is 25.4. The minimum Gasteiger partial charge on any atom is -0.493 e. The van der Waals surface area contributed by atoms with E-state index in [9.17, 15) is 14.4 Å². The molecule has 0 radical (unpaired) electrons. The second kappa shape index (κ2) is 15.0. The third-order valence-corrected chi connectivity index (χ3v) is 7.13. The highest BCUT2D eigenvalue weighted by Gasteiger charge is 2.17. The van der Waals surface area contributed by atoms with Gasteiger partial charge in [0.05, 0.1) is 14.2 Å². The Balaban J connectivity index is 1.30. The number of carbonyl (C=O) groups is 3. The quantitative estimate of drug-likeness (QED) is 0.119. The second-order valence-electron chi connectivity index (χ2n) is 10.2. The Bertz CT molecular complexity index is 1880. The van der Waals surface area contributed by atoms with E-state index in [-0.39, 0.29) is 11.5 Å². The molecule has 7 nitrogen and oxygen atoms in total. The van der Waals surface area contributed by atoms with Crippen molar-refractivity contribution >= 4 is 35.4 Å². The number of nitrogens with one attached hydrogen (secondary N) is 2. The van der Waals surface area contributed by atoms with Gasteiger partial charge in [0.1, 0.15) is 5.70 Å². The van der Waals surface area contributed by atoms with Crippen molar-refractivity contribution in [1.29, 1.82) is 0 Å². The van der Waals surface area contributed by atoms with E-state index >= 15 is 0 Å². The molecule has 0 aromatic heterocycles. The molecule has 0 aliphatic heterocycles. The van der Waals surface area contributed by atoms with Crippen molar-refractivity contribution in [2.45, 2.75) is 0 Å². The standard InChI is InChI=1S/C39H32N2O5/c1-45-36-15-9-14-32(37(36)46-2)26-34(41-38(43)31-12-7-4-8-13-31)39(44)40-33-23-21-30(22-24-33)35(42)25-18-27-16-19-29(20-17-27)28-10-5-3-6-11-28/h3-26H,1-2H3,(H,40,44)(H,41,43)/b25-18+,34-26-. The van der Waals surface area contributed by atoms with Crippen LogP contribution in [0, 0.1) is 0 Å². The van der Waals surface area contributed by atoms with Crippen LogP contribution in [0.1, 0.15) is 31.8 Å². The summed E-state index contributed by atoms with van der Waals surface area (Å²) in [5.41, 5.74) is 4.95. The van der Waals surface area contributed by atoms with Crippen LogP contribution >= 0.6 is 0 Å². The Hall–Kier alpha value is -6.21. The summed E-state index contributed by atoms with van der Waals surface area (Å²) >= 11 is 0. The van der Waals surface area contributed by atoms with Crippen LogP contribution in [-0.4, -0.2) is 31.8 Å². The average Bonchev–Trinajstić information content (AvgIpc) is 3.11. The lowest BCUT2D eigenvalue weighted by Gasteiger charge is -2.14. The van der Waals surface area contributed by atoms with Gasteiger partial charge in [-0.1, -0.05) is 91.0 Å². The molecular formula is C39H32N2O5. The summed E-state index contributed by atoms with van der Waals surface area (Å²) in [5.74, 6) is -0.305. The van der Waals surface area contributed by atoms with Gasteiger partial charge in [-0.3, -0.25) is 14.4 Å². The number of benzene rings is 5. The fourth-order valence-corrected chi connectivity index (χ4v) is 4.73. The van der Waals surface area contributed by atoms with Gasteiger partial charge in [0.25, 0.3) is 11.8 Å². The zero-order valence-electron chi connectivity index (χ0n) is 25.4. The molecule has 0 saturated carbocycles. The topological polar surface area (TPSA) is 93.7 Å². The van der Waals surface area contributed by atoms with Crippen LogP contribution in [0.3, 0.4) is 0 Å². The summed E-state index contributed by atoms with van der Waals surface area (Å²) in [5, 5.41) is 5.52. The summed E-state index contributed by atoms with van der Waals surface area (Å²) in [6, 6.07) is 38.4. The number of rotatable bonds is 11. The van der Waals surface area contributed by atoms with Crippen LogP contribution < -0.4 is 20.1 Å². The number of ether oxygens (including phenoxy) is 2. The van der Waals surface area contributed by atoms with Crippen LogP contribution in [0.15, 0.2) is 139 Å². The Morgan fingerprint density at radius 2 is 1.28 bits per heavy atom. The summed E-state index contributed by atoms with van der Waals surface area (Å²) in [4.78, 5) is 39.4. The van der Waals surface area contributed by atoms with Gasteiger partial charge in [0, 0.05) is 22.4 Å². The highest BCUT2D eigenvalue weighted by Crippen LogP contribution is 2.32. The number of hydrogen-bond donors (Lipinski definition) is 2. The van der Waals surface area contributed by atoms with E-state index in [1.54, 1.807) is 78.9 Å². The number of hydrogen-bond acceptors (Lipinski definition) is 5. The Labute approximate surface area is 267 Å². The number of ketones is 1. The first-order valence-corrected chi connectivity index (χ1v) is 14.5. The van der Waals surface area contributed by atoms with Crippen LogP contribution in [0.5, 0.6) is 11.5 Å². The molecule has 0 spiro atoms. The molecule has 2 amide bonds. The highest BCUT2D eigenvalue weighted by molar-refractivity contribution is 6.11.